The Morgan fingerprint density at radius 3 is 2.70 bits per heavy atom. The Kier molecular flexibility index (Phi) is 4.90. The fraction of sp³-hybridized carbons (Fsp3) is 0.500. The van der Waals surface area contributed by atoms with E-state index in [1.807, 2.05) is 13.0 Å². The van der Waals surface area contributed by atoms with E-state index in [1.165, 1.54) is 33.2 Å². The molecule has 0 unspecified atom stereocenters. The van der Waals surface area contributed by atoms with Gasteiger partial charge in [-0.2, -0.15) is 4.52 Å². The number of thiazole rings is 1. The van der Waals surface area contributed by atoms with E-state index in [4.69, 9.17) is 0 Å². The number of halogens is 1. The minimum absolute atomic E-state index is 0.121. The van der Waals surface area contributed by atoms with Crippen LogP contribution in [0.3, 0.4) is 0 Å². The van der Waals surface area contributed by atoms with Crippen molar-refractivity contribution >= 4 is 16.3 Å². The third kappa shape index (κ3) is 3.46. The number of aromatic nitrogens is 3. The molecule has 1 aliphatic rings. The Bertz CT molecular complexity index is 943. The summed E-state index contributed by atoms with van der Waals surface area (Å²) in [6.07, 6.45) is 1.93. The number of hydrogen-bond acceptors (Lipinski definition) is 4. The zero-order valence-electron chi connectivity index (χ0n) is 15.9. The number of quaternary nitrogens is 1. The van der Waals surface area contributed by atoms with Crippen molar-refractivity contribution in [2.24, 2.45) is 11.8 Å². The summed E-state index contributed by atoms with van der Waals surface area (Å²) in [6, 6.07) is 6.64. The highest BCUT2D eigenvalue weighted by molar-refractivity contribution is 7.17. The first kappa shape index (κ1) is 18.4. The first-order valence-corrected chi connectivity index (χ1v) is 10.4. The monoisotopic (exact) mass is 389 g/mol. The van der Waals surface area contributed by atoms with Crippen LogP contribution in [-0.2, 0) is 6.42 Å². The number of aromatic hydroxyl groups is 1. The van der Waals surface area contributed by atoms with Gasteiger partial charge in [-0.25, -0.2) is 9.37 Å². The fourth-order valence-corrected chi connectivity index (χ4v) is 5.61. The number of rotatable bonds is 4. The van der Waals surface area contributed by atoms with Crippen molar-refractivity contribution in [2.75, 3.05) is 13.1 Å². The molecule has 0 saturated carbocycles. The molecule has 4 rings (SSSR count). The molecule has 1 aromatic carbocycles. The second kappa shape index (κ2) is 7.20. The average Bonchev–Trinajstić information content (AvgIpc) is 3.14. The third-order valence-corrected chi connectivity index (χ3v) is 6.52. The highest BCUT2D eigenvalue weighted by Gasteiger charge is 2.37. The lowest BCUT2D eigenvalue weighted by Gasteiger charge is -2.37. The second-order valence-corrected chi connectivity index (χ2v) is 8.88. The maximum absolute atomic E-state index is 14.0. The number of piperidine rings is 1. The Hall–Kier alpha value is -1.99. The number of fused-ring (bicyclic) bond motifs is 1. The number of nitrogens with one attached hydrogen (secondary N) is 1. The van der Waals surface area contributed by atoms with Crippen LogP contribution in [0.5, 0.6) is 5.88 Å². The minimum atomic E-state index is -0.248. The topological polar surface area (TPSA) is 54.9 Å². The number of aryl methyl sites for hydroxylation is 1. The van der Waals surface area contributed by atoms with Gasteiger partial charge in [0, 0.05) is 23.8 Å². The molecule has 0 bridgehead atoms. The molecule has 2 N–H and O–H groups in total. The molecule has 27 heavy (non-hydrogen) atoms. The number of benzene rings is 1. The second-order valence-electron chi connectivity index (χ2n) is 7.87. The van der Waals surface area contributed by atoms with Crippen LogP contribution in [0.1, 0.15) is 49.5 Å². The quantitative estimate of drug-likeness (QED) is 0.721. The minimum Gasteiger partial charge on any atom is -0.492 e. The summed E-state index contributed by atoms with van der Waals surface area (Å²) >= 11 is 1.46. The molecular formula is C20H26FN4OS+. The Morgan fingerprint density at radius 2 is 2.07 bits per heavy atom. The first-order chi connectivity index (χ1) is 13.0. The molecule has 144 valence electrons. The molecule has 0 radical (unpaired) electrons. The van der Waals surface area contributed by atoms with Crippen LogP contribution in [0, 0.1) is 17.7 Å². The van der Waals surface area contributed by atoms with Gasteiger partial charge < -0.3 is 10.0 Å². The predicted octanol–water partition coefficient (Wildman–Crippen LogP) is 2.85. The zero-order chi connectivity index (χ0) is 19.1. The highest BCUT2D eigenvalue weighted by atomic mass is 32.1. The largest absolute Gasteiger partial charge is 0.492 e. The van der Waals surface area contributed by atoms with Gasteiger partial charge in [0.1, 0.15) is 10.7 Å². The van der Waals surface area contributed by atoms with Crippen LogP contribution < -0.4 is 4.90 Å². The summed E-state index contributed by atoms with van der Waals surface area (Å²) in [5, 5.41) is 15.3. The average molecular weight is 390 g/mol. The lowest BCUT2D eigenvalue weighted by Crippen LogP contribution is -3.14. The molecule has 0 aliphatic carbocycles. The smallest absolute Gasteiger partial charge is 0.235 e. The van der Waals surface area contributed by atoms with Gasteiger partial charge in [0.25, 0.3) is 0 Å². The van der Waals surface area contributed by atoms with E-state index in [9.17, 15) is 9.50 Å². The van der Waals surface area contributed by atoms with Crippen molar-refractivity contribution in [3.63, 3.8) is 0 Å². The Balaban J connectivity index is 1.82. The summed E-state index contributed by atoms with van der Waals surface area (Å²) in [5.41, 5.74) is 0.891. The van der Waals surface area contributed by atoms with Gasteiger partial charge in [0.05, 0.1) is 13.1 Å². The standard InChI is InChI=1S/C20H25FN4OS/c1-4-16-22-20-25(23-16)19(26)18(27-20)17(14-6-5-7-15(21)9-14)24-10-12(2)8-13(3)11-24/h5-7,9,12-13,17,26H,4,8,10-11H2,1-3H3/p+1/t12-,13-,17+/m0/s1. The molecule has 3 atom stereocenters. The van der Waals surface area contributed by atoms with Crippen molar-refractivity contribution in [3.8, 4) is 5.88 Å². The molecule has 1 aliphatic heterocycles. The number of likely N-dealkylation sites (tertiary alicyclic amines) is 1. The normalized spacial score (nSPS) is 24.4. The summed E-state index contributed by atoms with van der Waals surface area (Å²) in [4.78, 5) is 7.38. The third-order valence-electron chi connectivity index (χ3n) is 5.44. The molecule has 1 fully saturated rings. The summed E-state index contributed by atoms with van der Waals surface area (Å²) in [7, 11) is 0. The molecule has 0 spiro atoms. The summed E-state index contributed by atoms with van der Waals surface area (Å²) in [5.74, 6) is 1.79. The van der Waals surface area contributed by atoms with Crippen molar-refractivity contribution in [1.29, 1.82) is 0 Å². The van der Waals surface area contributed by atoms with Gasteiger partial charge in [-0.3, -0.25) is 0 Å². The van der Waals surface area contributed by atoms with Crippen LogP contribution in [0.25, 0.3) is 4.96 Å². The van der Waals surface area contributed by atoms with Crippen LogP contribution in [0.4, 0.5) is 4.39 Å². The predicted molar refractivity (Wildman–Crippen MR) is 104 cm³/mol. The van der Waals surface area contributed by atoms with Crippen molar-refractivity contribution in [3.05, 3.63) is 46.3 Å². The summed E-state index contributed by atoms with van der Waals surface area (Å²) < 4.78 is 15.5. The van der Waals surface area contributed by atoms with E-state index < -0.39 is 0 Å². The van der Waals surface area contributed by atoms with Gasteiger partial charge >= 0.3 is 0 Å². The van der Waals surface area contributed by atoms with E-state index in [-0.39, 0.29) is 17.7 Å². The molecule has 3 heterocycles. The van der Waals surface area contributed by atoms with Crippen molar-refractivity contribution in [2.45, 2.75) is 39.7 Å². The number of hydrogen-bond donors (Lipinski definition) is 2. The lowest BCUT2D eigenvalue weighted by molar-refractivity contribution is -0.936. The molecule has 3 aromatic rings. The van der Waals surface area contributed by atoms with Crippen LogP contribution in [-0.4, -0.2) is 32.8 Å². The fourth-order valence-electron chi connectivity index (χ4n) is 4.45. The van der Waals surface area contributed by atoms with Crippen molar-refractivity contribution < 1.29 is 14.4 Å². The SMILES string of the molecule is CCc1nc2sc([C@@H](c3cccc(F)c3)[NH+]3C[C@@H](C)C[C@H](C)C3)c(O)n2n1. The van der Waals surface area contributed by atoms with Crippen LogP contribution in [0.15, 0.2) is 24.3 Å². The molecule has 0 amide bonds. The highest BCUT2D eigenvalue weighted by Crippen LogP contribution is 2.35. The van der Waals surface area contributed by atoms with Gasteiger partial charge in [-0.05, 0) is 18.6 Å². The number of nitrogens with zero attached hydrogens (tertiary/aromatic N) is 3. The summed E-state index contributed by atoms with van der Waals surface area (Å²) in [6.45, 7) is 8.54. The first-order valence-electron chi connectivity index (χ1n) is 9.63. The molecule has 1 saturated heterocycles. The molecule has 5 nitrogen and oxygen atoms in total. The van der Waals surface area contributed by atoms with Crippen LogP contribution in [0.2, 0.25) is 0 Å². The molecule has 7 heteroatoms. The maximum atomic E-state index is 14.0. The van der Waals surface area contributed by atoms with E-state index in [1.54, 1.807) is 12.1 Å². The van der Waals surface area contributed by atoms with Crippen molar-refractivity contribution in [1.82, 2.24) is 14.6 Å². The lowest BCUT2D eigenvalue weighted by atomic mass is 9.89. The zero-order valence-corrected chi connectivity index (χ0v) is 16.8. The van der Waals surface area contributed by atoms with Crippen LogP contribution >= 0.6 is 11.3 Å². The van der Waals surface area contributed by atoms with Gasteiger partial charge in [0.2, 0.25) is 10.8 Å². The van der Waals surface area contributed by atoms with E-state index in [0.29, 0.717) is 16.8 Å². The van der Waals surface area contributed by atoms with Gasteiger partial charge in [-0.15, -0.1) is 5.10 Å². The molecular weight excluding hydrogens is 363 g/mol. The Morgan fingerprint density at radius 1 is 1.33 bits per heavy atom. The van der Waals surface area contributed by atoms with E-state index in [0.717, 1.165) is 35.8 Å². The Labute approximate surface area is 162 Å². The van der Waals surface area contributed by atoms with E-state index in [2.05, 4.69) is 23.9 Å². The van der Waals surface area contributed by atoms with E-state index >= 15 is 0 Å². The molecule has 2 aromatic heterocycles. The van der Waals surface area contributed by atoms with Gasteiger partial charge in [0.15, 0.2) is 11.9 Å². The van der Waals surface area contributed by atoms with Gasteiger partial charge in [-0.1, -0.05) is 44.2 Å². The maximum Gasteiger partial charge on any atom is 0.235 e.